The molecule has 1 rings (SSSR count). The lowest BCUT2D eigenvalue weighted by Crippen LogP contribution is -2.46. The number of likely N-dealkylation sites (tertiary alicyclic amines) is 1. The summed E-state index contributed by atoms with van der Waals surface area (Å²) in [6, 6.07) is 1.46. The van der Waals surface area contributed by atoms with E-state index >= 15 is 0 Å². The summed E-state index contributed by atoms with van der Waals surface area (Å²) in [5.41, 5.74) is 0. The van der Waals surface area contributed by atoms with Gasteiger partial charge in [-0.05, 0) is 12.8 Å². The van der Waals surface area contributed by atoms with E-state index in [0.29, 0.717) is 25.7 Å². The Hall–Kier alpha value is -1.37. The number of carbonyl (C=O) groups is 2. The van der Waals surface area contributed by atoms with Crippen molar-refractivity contribution in [2.45, 2.75) is 45.1 Å². The molecule has 1 heterocycles. The van der Waals surface area contributed by atoms with E-state index in [1.54, 1.807) is 0 Å². The van der Waals surface area contributed by atoms with Crippen LogP contribution in [-0.2, 0) is 9.59 Å². The highest BCUT2D eigenvalue weighted by atomic mass is 16.2. The van der Waals surface area contributed by atoms with E-state index in [1.807, 2.05) is 13.0 Å². The maximum Gasteiger partial charge on any atom is 0.230 e. The van der Waals surface area contributed by atoms with Crippen LogP contribution in [-0.4, -0.2) is 22.8 Å². The third-order valence-electron chi connectivity index (χ3n) is 2.34. The van der Waals surface area contributed by atoms with Gasteiger partial charge in [0.2, 0.25) is 11.8 Å². The first kappa shape index (κ1) is 10.7. The van der Waals surface area contributed by atoms with Crippen LogP contribution in [0.25, 0.3) is 0 Å². The van der Waals surface area contributed by atoms with Crippen molar-refractivity contribution in [3.63, 3.8) is 0 Å². The first-order chi connectivity index (χ1) is 6.70. The second-order valence-electron chi connectivity index (χ2n) is 3.44. The number of hydrogen-bond donors (Lipinski definition) is 0. The molecular weight excluding hydrogens is 180 g/mol. The van der Waals surface area contributed by atoms with Crippen molar-refractivity contribution < 1.29 is 9.59 Å². The predicted octanol–water partition coefficient (Wildman–Crippen LogP) is 1.22. The molecule has 1 unspecified atom stereocenters. The molecule has 0 spiro atoms. The van der Waals surface area contributed by atoms with E-state index in [4.69, 9.17) is 5.26 Å². The largest absolute Gasteiger partial charge is 0.274 e. The highest BCUT2D eigenvalue weighted by Crippen LogP contribution is 2.17. The van der Waals surface area contributed by atoms with Crippen molar-refractivity contribution >= 4 is 11.8 Å². The third-order valence-corrected chi connectivity index (χ3v) is 2.34. The van der Waals surface area contributed by atoms with Crippen LogP contribution < -0.4 is 0 Å². The number of carbonyl (C=O) groups excluding carboxylic acids is 2. The summed E-state index contributed by atoms with van der Waals surface area (Å²) < 4.78 is 0. The van der Waals surface area contributed by atoms with Crippen molar-refractivity contribution in [1.29, 1.82) is 5.26 Å². The Labute approximate surface area is 83.5 Å². The molecule has 1 aliphatic rings. The summed E-state index contributed by atoms with van der Waals surface area (Å²) >= 11 is 0. The molecule has 1 atom stereocenters. The van der Waals surface area contributed by atoms with Gasteiger partial charge in [0.1, 0.15) is 6.04 Å². The molecule has 0 aromatic rings. The zero-order valence-electron chi connectivity index (χ0n) is 8.32. The molecule has 0 aromatic heterocycles. The topological polar surface area (TPSA) is 61.2 Å². The lowest BCUT2D eigenvalue weighted by atomic mass is 10.0. The van der Waals surface area contributed by atoms with Crippen LogP contribution in [0, 0.1) is 11.3 Å². The number of amides is 2. The second-order valence-corrected chi connectivity index (χ2v) is 3.44. The van der Waals surface area contributed by atoms with Gasteiger partial charge in [-0.3, -0.25) is 14.5 Å². The van der Waals surface area contributed by atoms with Crippen molar-refractivity contribution in [2.75, 3.05) is 0 Å². The summed E-state index contributed by atoms with van der Waals surface area (Å²) in [5.74, 6) is -0.387. The van der Waals surface area contributed by atoms with Crippen molar-refractivity contribution in [3.05, 3.63) is 0 Å². The van der Waals surface area contributed by atoms with Crippen molar-refractivity contribution in [2.24, 2.45) is 0 Å². The summed E-state index contributed by atoms with van der Waals surface area (Å²) in [5, 5.41) is 8.85. The van der Waals surface area contributed by atoms with E-state index in [2.05, 4.69) is 0 Å². The number of imide groups is 1. The zero-order chi connectivity index (χ0) is 10.6. The average molecular weight is 194 g/mol. The smallest absolute Gasteiger partial charge is 0.230 e. The average Bonchev–Trinajstić information content (AvgIpc) is 2.16. The van der Waals surface area contributed by atoms with E-state index in [-0.39, 0.29) is 11.8 Å². The molecule has 4 nitrogen and oxygen atoms in total. The van der Waals surface area contributed by atoms with Crippen LogP contribution in [0.3, 0.4) is 0 Å². The summed E-state index contributed by atoms with van der Waals surface area (Å²) in [6.45, 7) is 1.93. The SMILES string of the molecule is CCCC(C#N)N1C(=O)CCCC1=O. The molecule has 14 heavy (non-hydrogen) atoms. The molecular formula is C10H14N2O2. The third kappa shape index (κ3) is 2.11. The molecule has 0 aliphatic carbocycles. The van der Waals surface area contributed by atoms with Crippen molar-refractivity contribution in [1.82, 2.24) is 4.90 Å². The molecule has 4 heteroatoms. The molecule has 1 saturated heterocycles. The van der Waals surface area contributed by atoms with Gasteiger partial charge in [-0.1, -0.05) is 13.3 Å². The van der Waals surface area contributed by atoms with Gasteiger partial charge in [0, 0.05) is 12.8 Å². The number of nitriles is 1. The van der Waals surface area contributed by atoms with Gasteiger partial charge >= 0.3 is 0 Å². The molecule has 0 bridgehead atoms. The fourth-order valence-electron chi connectivity index (χ4n) is 1.64. The number of rotatable bonds is 3. The maximum absolute atomic E-state index is 11.4. The molecule has 0 radical (unpaired) electrons. The lowest BCUT2D eigenvalue weighted by Gasteiger charge is -2.28. The molecule has 0 aromatic carbocycles. The Balaban J connectivity index is 2.75. The quantitative estimate of drug-likeness (QED) is 0.634. The first-order valence-electron chi connectivity index (χ1n) is 4.95. The minimum absolute atomic E-state index is 0.193. The van der Waals surface area contributed by atoms with Crippen LogP contribution in [0.2, 0.25) is 0 Å². The summed E-state index contributed by atoms with van der Waals surface area (Å²) in [6.07, 6.45) is 2.79. The van der Waals surface area contributed by atoms with E-state index in [0.717, 1.165) is 11.3 Å². The van der Waals surface area contributed by atoms with Gasteiger partial charge in [-0.2, -0.15) is 5.26 Å². The molecule has 1 aliphatic heterocycles. The Kier molecular flexibility index (Phi) is 3.63. The lowest BCUT2D eigenvalue weighted by molar-refractivity contribution is -0.149. The van der Waals surface area contributed by atoms with Crippen LogP contribution in [0.5, 0.6) is 0 Å². The van der Waals surface area contributed by atoms with Crippen LogP contribution >= 0.6 is 0 Å². The van der Waals surface area contributed by atoms with Crippen LogP contribution in [0.4, 0.5) is 0 Å². The Morgan fingerprint density at radius 3 is 2.43 bits per heavy atom. The second kappa shape index (κ2) is 4.75. The van der Waals surface area contributed by atoms with Gasteiger partial charge in [0.05, 0.1) is 6.07 Å². The monoisotopic (exact) mass is 194 g/mol. The molecule has 2 amide bonds. The minimum atomic E-state index is -0.555. The molecule has 76 valence electrons. The highest BCUT2D eigenvalue weighted by molar-refractivity contribution is 5.98. The van der Waals surface area contributed by atoms with Crippen molar-refractivity contribution in [3.8, 4) is 6.07 Å². The van der Waals surface area contributed by atoms with Gasteiger partial charge < -0.3 is 0 Å². The first-order valence-corrected chi connectivity index (χ1v) is 4.95. The number of nitrogens with zero attached hydrogens (tertiary/aromatic N) is 2. The maximum atomic E-state index is 11.4. The van der Waals surface area contributed by atoms with Gasteiger partial charge in [-0.25, -0.2) is 0 Å². The van der Waals surface area contributed by atoms with Crippen LogP contribution in [0.1, 0.15) is 39.0 Å². The molecule has 1 fully saturated rings. The normalized spacial score (nSPS) is 19.3. The van der Waals surface area contributed by atoms with E-state index < -0.39 is 6.04 Å². The molecule has 0 saturated carbocycles. The van der Waals surface area contributed by atoms with Gasteiger partial charge in [0.25, 0.3) is 0 Å². The minimum Gasteiger partial charge on any atom is -0.274 e. The van der Waals surface area contributed by atoms with Gasteiger partial charge in [0.15, 0.2) is 0 Å². The number of hydrogen-bond acceptors (Lipinski definition) is 3. The Bertz CT molecular complexity index is 264. The standard InChI is InChI=1S/C10H14N2O2/c1-2-4-8(7-11)12-9(13)5-3-6-10(12)14/h8H,2-6H2,1H3. The van der Waals surface area contributed by atoms with E-state index in [9.17, 15) is 9.59 Å². The predicted molar refractivity (Wildman–Crippen MR) is 50.0 cm³/mol. The summed E-state index contributed by atoms with van der Waals surface area (Å²) in [4.78, 5) is 24.0. The summed E-state index contributed by atoms with van der Waals surface area (Å²) in [7, 11) is 0. The van der Waals surface area contributed by atoms with Gasteiger partial charge in [-0.15, -0.1) is 0 Å². The Morgan fingerprint density at radius 2 is 2.00 bits per heavy atom. The fourth-order valence-corrected chi connectivity index (χ4v) is 1.64. The highest BCUT2D eigenvalue weighted by Gasteiger charge is 2.31. The Morgan fingerprint density at radius 1 is 1.43 bits per heavy atom. The number of piperidine rings is 1. The van der Waals surface area contributed by atoms with E-state index in [1.165, 1.54) is 0 Å². The van der Waals surface area contributed by atoms with Crippen LogP contribution in [0.15, 0.2) is 0 Å². The molecule has 0 N–H and O–H groups in total. The fraction of sp³-hybridized carbons (Fsp3) is 0.700. The zero-order valence-corrected chi connectivity index (χ0v) is 8.32.